The average Bonchev–Trinajstić information content (AvgIpc) is 0.768. The van der Waals surface area contributed by atoms with E-state index in [1.54, 1.807) is 6.92 Å². The van der Waals surface area contributed by atoms with Gasteiger partial charge in [-0.3, -0.25) is 33.6 Å². The molecule has 18 atom stereocenters. The highest BCUT2D eigenvalue weighted by atomic mass is 35.5. The molecule has 0 aliphatic carbocycles. The van der Waals surface area contributed by atoms with Gasteiger partial charge in [-0.2, -0.15) is 0 Å². The highest BCUT2D eigenvalue weighted by Crippen LogP contribution is 2.50. The zero-order valence-corrected chi connectivity index (χ0v) is 56.9. The number of phenols is 3. The predicted octanol–water partition coefficient (Wildman–Crippen LogP) is 0.891. The Kier molecular flexibility index (Phi) is 23.0. The Bertz CT molecular complexity index is 4100. The van der Waals surface area contributed by atoms with Crippen LogP contribution in [0.5, 0.6) is 46.0 Å². The minimum atomic E-state index is -2.35. The number of amides is 7. The largest absolute Gasteiger partial charge is 0.508 e. The minimum absolute atomic E-state index is 0.0997. The maximum absolute atomic E-state index is 16.0. The van der Waals surface area contributed by atoms with Gasteiger partial charge < -0.3 is 122 Å². The first-order chi connectivity index (χ1) is 48.2. The molecule has 102 heavy (non-hydrogen) atoms. The molecule has 5 aromatic rings. The summed E-state index contributed by atoms with van der Waals surface area (Å²) in [5, 5.41) is 131. The fourth-order valence-corrected chi connectivity index (χ4v) is 13.2. The summed E-state index contributed by atoms with van der Waals surface area (Å²) < 4.78 is 38.4. The second-order valence-corrected chi connectivity index (χ2v) is 26.7. The molecule has 20 N–H and O–H groups in total. The van der Waals surface area contributed by atoms with Crippen molar-refractivity contribution >= 4 is 82.3 Å². The number of aliphatic hydroxyl groups is 6. The van der Waals surface area contributed by atoms with Gasteiger partial charge in [-0.1, -0.05) is 55.2 Å². The van der Waals surface area contributed by atoms with E-state index in [2.05, 4.69) is 42.1 Å². The van der Waals surface area contributed by atoms with Crippen LogP contribution in [-0.2, 0) is 52.6 Å². The summed E-state index contributed by atoms with van der Waals surface area (Å²) in [7, 11) is 1.47. The van der Waals surface area contributed by atoms with Crippen LogP contribution in [0, 0.1) is 5.92 Å². The summed E-state index contributed by atoms with van der Waals surface area (Å²) in [4.78, 5) is 119. The number of fused-ring (bicyclic) bond motifs is 15. The van der Waals surface area contributed by atoms with Crippen molar-refractivity contribution in [2.75, 3.05) is 13.7 Å². The molecule has 2 fully saturated rings. The summed E-state index contributed by atoms with van der Waals surface area (Å²) in [6.07, 6.45) is -18.7. The fraction of sp³-hybridized carbons (Fsp3) is 0.424. The lowest BCUT2D eigenvalue weighted by Crippen LogP contribution is -2.64. The van der Waals surface area contributed by atoms with Crippen LogP contribution in [0.2, 0.25) is 10.0 Å². The maximum Gasteiger partial charge on any atom is 0.330 e. The van der Waals surface area contributed by atoms with Crippen molar-refractivity contribution in [3.05, 3.63) is 117 Å². The summed E-state index contributed by atoms with van der Waals surface area (Å²) >= 11 is 20.3. The Balaban J connectivity index is 1.24. The zero-order valence-electron chi connectivity index (χ0n) is 54.6. The number of carboxylic acids is 1. The molecule has 33 nitrogen and oxygen atoms in total. The Hall–Kier alpha value is -8.91. The number of halogens is 3. The topological polar surface area (TPSA) is 517 Å². The van der Waals surface area contributed by atoms with E-state index < -0.39 is 237 Å². The number of hydrogen-bond acceptors (Lipinski definition) is 25. The molecule has 0 radical (unpaired) electrons. The lowest BCUT2D eigenvalue weighted by molar-refractivity contribution is -0.334. The molecule has 0 saturated carbocycles. The second kappa shape index (κ2) is 31.0. The van der Waals surface area contributed by atoms with Gasteiger partial charge in [-0.25, -0.2) is 9.63 Å². The SMILES string of the molecule is CN[C@H](CC(C)C)C(=O)N[C@H]1C(=O)NC(CC(N)=O)C(=O)N[C@H]2C(=O)N[C@H]3C(=O)N[C@H](C(=O)N[C@@H](C(=O)O)c4cc(O)cc(O)c4-c4cc3ccc4O)[C@H](O)c3ccc(c(Cl)c3)Oc3cc2cc(c3O[C@@H]2O[C@H](CO)[C@@H](O)[C@H](O)[C@H]2O[C@H]2C[C@](C)(NCl)[C@H](O)[C@H](C)O2)Oc2ccc(cc2Cl)[C@H]1O. The summed E-state index contributed by atoms with van der Waals surface area (Å²) in [5.41, 5.74) is 1.55. The Labute approximate surface area is 594 Å². The zero-order chi connectivity index (χ0) is 74.2. The Morgan fingerprint density at radius 3 is 1.91 bits per heavy atom. The number of hydrogen-bond donors (Lipinski definition) is 19. The number of carbonyl (C=O) groups excluding carboxylic acids is 7. The lowest BCUT2D eigenvalue weighted by Gasteiger charge is -2.47. The number of aromatic hydroxyl groups is 3. The van der Waals surface area contributed by atoms with Gasteiger partial charge in [0, 0.05) is 29.2 Å². The van der Waals surface area contributed by atoms with E-state index in [1.165, 1.54) is 26.1 Å². The molecule has 36 heteroatoms. The van der Waals surface area contributed by atoms with Crippen molar-refractivity contribution in [3.63, 3.8) is 0 Å². The minimum Gasteiger partial charge on any atom is -0.508 e. The van der Waals surface area contributed by atoms with Gasteiger partial charge in [0.25, 0.3) is 0 Å². The first kappa shape index (κ1) is 75.7. The maximum atomic E-state index is 16.0. The molecule has 7 amide bonds. The molecular formula is C66H74Cl3N9O24. The molecule has 12 rings (SSSR count). The van der Waals surface area contributed by atoms with Crippen LogP contribution >= 0.6 is 35.0 Å². The number of aliphatic hydroxyl groups excluding tert-OH is 6. The number of benzene rings is 5. The van der Waals surface area contributed by atoms with Crippen molar-refractivity contribution < 1.29 is 118 Å². The number of carboxylic acid groups (broad SMARTS) is 1. The third-order valence-corrected chi connectivity index (χ3v) is 19.0. The van der Waals surface area contributed by atoms with Gasteiger partial charge in [0.1, 0.15) is 89.5 Å². The first-order valence-electron chi connectivity index (χ1n) is 31.8. The summed E-state index contributed by atoms with van der Waals surface area (Å²) in [6, 6.07) is -0.724. The number of nitrogens with one attached hydrogen (secondary N) is 8. The van der Waals surface area contributed by atoms with Crippen LogP contribution in [0.25, 0.3) is 11.1 Å². The number of nitrogens with two attached hydrogens (primary N) is 1. The highest BCUT2D eigenvalue weighted by molar-refractivity contribution is 6.32. The van der Waals surface area contributed by atoms with Crippen LogP contribution in [0.1, 0.15) is 105 Å². The summed E-state index contributed by atoms with van der Waals surface area (Å²) in [6.45, 7) is 5.69. The van der Waals surface area contributed by atoms with Gasteiger partial charge in [0.15, 0.2) is 29.9 Å². The van der Waals surface area contributed by atoms with E-state index in [0.29, 0.717) is 0 Å². The van der Waals surface area contributed by atoms with E-state index in [4.69, 9.17) is 69.1 Å². The van der Waals surface area contributed by atoms with Crippen molar-refractivity contribution in [2.45, 2.75) is 156 Å². The van der Waals surface area contributed by atoms with Gasteiger partial charge in [-0.15, -0.1) is 0 Å². The Morgan fingerprint density at radius 2 is 1.32 bits per heavy atom. The molecule has 1 unspecified atom stereocenters. The summed E-state index contributed by atoms with van der Waals surface area (Å²) in [5.74, 6) is -16.0. The van der Waals surface area contributed by atoms with Gasteiger partial charge in [0.05, 0.1) is 46.9 Å². The normalized spacial score (nSPS) is 29.3. The second-order valence-electron chi connectivity index (χ2n) is 25.7. The number of rotatable bonds is 14. The molecule has 7 heterocycles. The van der Waals surface area contributed by atoms with Gasteiger partial charge >= 0.3 is 5.97 Å². The van der Waals surface area contributed by atoms with Crippen LogP contribution in [0.3, 0.4) is 0 Å². The molecule has 0 aromatic heterocycles. The van der Waals surface area contributed by atoms with Crippen LogP contribution in [0.15, 0.2) is 78.9 Å². The van der Waals surface area contributed by atoms with Crippen molar-refractivity contribution in [1.82, 2.24) is 42.1 Å². The average molecular weight is 1480 g/mol. The molecule has 2 saturated heterocycles. The van der Waals surface area contributed by atoms with Crippen LogP contribution in [0.4, 0.5) is 0 Å². The highest BCUT2D eigenvalue weighted by Gasteiger charge is 2.52. The molecule has 548 valence electrons. The number of carbonyl (C=O) groups is 8. The fourth-order valence-electron chi connectivity index (χ4n) is 12.6. The lowest BCUT2D eigenvalue weighted by atomic mass is 9.86. The number of ether oxygens (including phenoxy) is 6. The standard InChI is InChI=1S/C66H74Cl3N9O24/c1-23(2)12-34(71-5)58(89)76-49-51(84)26-7-10-38(32(67)14-26)98-40-16-28-17-41(55(40)102-65-56(54(87)53(86)42(22-79)100-65)101-44-21-66(4,78-69)57(88)24(3)97-44)99-39-11-8-27(15-33(39)68)52(85)50-63(94)75-48(64(95)96)31-18-29(80)19-37(82)45(31)30-13-25(6-9-36(30)81)46(60(91)77-50)74-61(92)47(28)73-59(90)35(20-43(70)83)72-62(49)93/h6-11,13-19,23-24,34-35,42,44,46-54,56-57,65,71,78-82,84-88H,12,20-22H2,1-5H3,(H2,70,83)(H,72,93)(H,73,90)(H,74,92)(H,75,94)(H,76,89)(H,77,91)(H,95,96)/t24-,34+,35?,42+,44-,46+,47+,48+,49+,50-,51+,52+,53+,54-,56+,57+,65-,66-/m0/s1. The number of aliphatic carboxylic acids is 1. The smallest absolute Gasteiger partial charge is 0.330 e. The van der Waals surface area contributed by atoms with E-state index in [-0.39, 0.29) is 46.2 Å². The van der Waals surface area contributed by atoms with Crippen LogP contribution < -0.4 is 62.0 Å². The quantitative estimate of drug-likeness (QED) is 0.0687. The molecule has 7 aliphatic heterocycles. The first-order valence-corrected chi connectivity index (χ1v) is 32.9. The number of phenolic OH excluding ortho intramolecular Hbond substituents is 3. The number of likely N-dealkylation sites (N-methyl/N-ethyl adjacent to an activating group) is 1. The predicted molar refractivity (Wildman–Crippen MR) is 354 cm³/mol. The van der Waals surface area contributed by atoms with E-state index in [9.17, 15) is 75.0 Å². The van der Waals surface area contributed by atoms with Crippen molar-refractivity contribution in [1.29, 1.82) is 0 Å². The van der Waals surface area contributed by atoms with Crippen LogP contribution in [-0.4, -0.2) is 191 Å². The van der Waals surface area contributed by atoms with E-state index >= 15 is 14.4 Å². The molecule has 7 aliphatic rings. The third kappa shape index (κ3) is 15.8. The molecular weight excluding hydrogens is 1410 g/mol. The van der Waals surface area contributed by atoms with Gasteiger partial charge in [-0.05, 0) is 122 Å². The molecule has 5 aromatic carbocycles. The molecule has 11 bridgehead atoms. The molecule has 0 spiro atoms. The van der Waals surface area contributed by atoms with Crippen molar-refractivity contribution in [2.24, 2.45) is 11.7 Å². The third-order valence-electron chi connectivity index (χ3n) is 17.9. The Morgan fingerprint density at radius 1 is 0.716 bits per heavy atom. The van der Waals surface area contributed by atoms with Gasteiger partial charge in [0.2, 0.25) is 53.4 Å². The van der Waals surface area contributed by atoms with E-state index in [0.717, 1.165) is 66.7 Å². The van der Waals surface area contributed by atoms with Crippen molar-refractivity contribution in [3.8, 4) is 57.1 Å². The monoisotopic (exact) mass is 1480 g/mol. The number of primary amides is 1. The van der Waals surface area contributed by atoms with E-state index in [1.807, 2.05) is 13.8 Å².